The molecule has 0 bridgehead atoms. The summed E-state index contributed by atoms with van der Waals surface area (Å²) in [6.45, 7) is 4.42. The molecule has 140 valence electrons. The van der Waals surface area contributed by atoms with Crippen LogP contribution in [0.1, 0.15) is 37.0 Å². The molecular formula is C19H23NO5S. The third-order valence-corrected chi connectivity index (χ3v) is 7.29. The molecule has 2 aromatic rings. The van der Waals surface area contributed by atoms with Gasteiger partial charge in [0.05, 0.1) is 11.0 Å². The van der Waals surface area contributed by atoms with E-state index in [1.165, 1.54) is 0 Å². The molecule has 3 rings (SSSR count). The van der Waals surface area contributed by atoms with Crippen LogP contribution in [0.15, 0.2) is 39.5 Å². The van der Waals surface area contributed by atoms with Gasteiger partial charge in [0.15, 0.2) is 9.84 Å². The zero-order valence-corrected chi connectivity index (χ0v) is 15.8. The highest BCUT2D eigenvalue weighted by Gasteiger charge is 2.32. The fourth-order valence-corrected chi connectivity index (χ4v) is 5.53. The van der Waals surface area contributed by atoms with Crippen LogP contribution in [0.3, 0.4) is 0 Å². The van der Waals surface area contributed by atoms with Crippen molar-refractivity contribution in [2.24, 2.45) is 5.92 Å². The van der Waals surface area contributed by atoms with Gasteiger partial charge >= 0.3 is 5.63 Å². The maximum absolute atomic E-state index is 12.7. The van der Waals surface area contributed by atoms with Crippen LogP contribution in [-0.4, -0.2) is 43.3 Å². The van der Waals surface area contributed by atoms with Crippen molar-refractivity contribution < 1.29 is 17.6 Å². The van der Waals surface area contributed by atoms with Gasteiger partial charge in [-0.3, -0.25) is 4.79 Å². The van der Waals surface area contributed by atoms with Crippen LogP contribution < -0.4 is 5.63 Å². The van der Waals surface area contributed by atoms with Gasteiger partial charge in [-0.2, -0.15) is 0 Å². The quantitative estimate of drug-likeness (QED) is 0.764. The van der Waals surface area contributed by atoms with Gasteiger partial charge in [0.25, 0.3) is 5.91 Å². The normalized spacial score (nSPS) is 16.3. The summed E-state index contributed by atoms with van der Waals surface area (Å²) in [7, 11) is -3.15. The van der Waals surface area contributed by atoms with Crippen molar-refractivity contribution in [3.8, 4) is 0 Å². The fraction of sp³-hybridized carbons (Fsp3) is 0.474. The molecule has 6 nitrogen and oxygen atoms in total. The molecule has 26 heavy (non-hydrogen) atoms. The lowest BCUT2D eigenvalue weighted by molar-refractivity contribution is 0.0721. The largest absolute Gasteiger partial charge is 0.422 e. The van der Waals surface area contributed by atoms with Gasteiger partial charge in [0.1, 0.15) is 11.1 Å². The van der Waals surface area contributed by atoms with Crippen LogP contribution in [0.5, 0.6) is 0 Å². The average Bonchev–Trinajstić information content (AvgIpc) is 2.59. The first-order valence-corrected chi connectivity index (χ1v) is 10.5. The Morgan fingerprint density at radius 2 is 1.88 bits per heavy atom. The summed E-state index contributed by atoms with van der Waals surface area (Å²) in [4.78, 5) is 26.4. The maximum Gasteiger partial charge on any atom is 0.349 e. The van der Waals surface area contributed by atoms with Crippen LogP contribution >= 0.6 is 0 Å². The van der Waals surface area contributed by atoms with Crippen LogP contribution in [-0.2, 0) is 9.84 Å². The Hall–Kier alpha value is -2.15. The standard InChI is InChI=1S/C19H23NO5S/c1-13(2)12-26(23,24)15-7-9-20(10-8-15)18(21)16-11-14-5-3-4-6-17(14)25-19(16)22/h3-6,11,13,15H,7-10,12H2,1-2H3. The Morgan fingerprint density at radius 3 is 2.54 bits per heavy atom. The lowest BCUT2D eigenvalue weighted by atomic mass is 10.1. The average molecular weight is 377 g/mol. The number of benzene rings is 1. The predicted octanol–water partition coefficient (Wildman–Crippen LogP) is 2.47. The van der Waals surface area contributed by atoms with Gasteiger partial charge < -0.3 is 9.32 Å². The predicted molar refractivity (Wildman–Crippen MR) is 100 cm³/mol. The molecule has 2 heterocycles. The highest BCUT2D eigenvalue weighted by molar-refractivity contribution is 7.92. The van der Waals surface area contributed by atoms with Crippen molar-refractivity contribution in [1.82, 2.24) is 4.90 Å². The second kappa shape index (κ2) is 7.23. The summed E-state index contributed by atoms with van der Waals surface area (Å²) in [6.07, 6.45) is 0.805. The van der Waals surface area contributed by atoms with Crippen molar-refractivity contribution in [3.63, 3.8) is 0 Å². The third kappa shape index (κ3) is 3.82. The number of sulfone groups is 1. The van der Waals surface area contributed by atoms with Crippen molar-refractivity contribution in [2.45, 2.75) is 31.9 Å². The topological polar surface area (TPSA) is 84.7 Å². The fourth-order valence-electron chi connectivity index (χ4n) is 3.40. The molecule has 1 amide bonds. The van der Waals surface area contributed by atoms with Crippen LogP contribution in [0, 0.1) is 5.92 Å². The molecule has 7 heteroatoms. The van der Waals surface area contributed by atoms with E-state index in [1.807, 2.05) is 19.9 Å². The molecule has 0 saturated carbocycles. The number of nitrogens with zero attached hydrogens (tertiary/aromatic N) is 1. The van der Waals surface area contributed by atoms with E-state index in [9.17, 15) is 18.0 Å². The minimum Gasteiger partial charge on any atom is -0.422 e. The second-order valence-corrected chi connectivity index (χ2v) is 9.53. The van der Waals surface area contributed by atoms with Gasteiger partial charge in [0.2, 0.25) is 0 Å². The second-order valence-electron chi connectivity index (χ2n) is 7.20. The first-order valence-electron chi connectivity index (χ1n) is 8.81. The summed E-state index contributed by atoms with van der Waals surface area (Å²) >= 11 is 0. The lowest BCUT2D eigenvalue weighted by Gasteiger charge is -2.31. The number of amides is 1. The summed E-state index contributed by atoms with van der Waals surface area (Å²) in [5, 5.41) is 0.270. The molecule has 1 saturated heterocycles. The molecular weight excluding hydrogens is 354 g/mol. The summed E-state index contributed by atoms with van der Waals surface area (Å²) in [5.74, 6) is -0.147. The van der Waals surface area contributed by atoms with E-state index in [0.29, 0.717) is 36.9 Å². The molecule has 1 aromatic heterocycles. The minimum absolute atomic E-state index is 0.00723. The lowest BCUT2D eigenvalue weighted by Crippen LogP contribution is -2.44. The number of hydrogen-bond donors (Lipinski definition) is 0. The molecule has 0 unspecified atom stereocenters. The Bertz CT molecular complexity index is 969. The van der Waals surface area contributed by atoms with E-state index in [2.05, 4.69) is 0 Å². The van der Waals surface area contributed by atoms with Gasteiger partial charge in [-0.15, -0.1) is 0 Å². The molecule has 0 radical (unpaired) electrons. The van der Waals surface area contributed by atoms with Gasteiger partial charge in [-0.05, 0) is 30.9 Å². The Kier molecular flexibility index (Phi) is 5.18. The number of fused-ring (bicyclic) bond motifs is 1. The van der Waals surface area contributed by atoms with E-state index in [1.54, 1.807) is 29.2 Å². The molecule has 1 aliphatic rings. The highest BCUT2D eigenvalue weighted by Crippen LogP contribution is 2.22. The van der Waals surface area contributed by atoms with Crippen molar-refractivity contribution in [3.05, 3.63) is 46.3 Å². The van der Waals surface area contributed by atoms with Crippen molar-refractivity contribution >= 4 is 26.7 Å². The molecule has 1 fully saturated rings. The first-order chi connectivity index (χ1) is 12.3. The summed E-state index contributed by atoms with van der Waals surface area (Å²) in [6, 6.07) is 8.57. The van der Waals surface area contributed by atoms with E-state index in [-0.39, 0.29) is 17.2 Å². The number of likely N-dealkylation sites (tertiary alicyclic amines) is 1. The zero-order chi connectivity index (χ0) is 18.9. The first kappa shape index (κ1) is 18.6. The monoisotopic (exact) mass is 377 g/mol. The van der Waals surface area contributed by atoms with E-state index < -0.39 is 26.6 Å². The minimum atomic E-state index is -3.15. The molecule has 1 aromatic carbocycles. The SMILES string of the molecule is CC(C)CS(=O)(=O)C1CCN(C(=O)c2cc3ccccc3oc2=O)CC1. The Morgan fingerprint density at radius 1 is 1.23 bits per heavy atom. The van der Waals surface area contributed by atoms with Crippen LogP contribution in [0.25, 0.3) is 11.0 Å². The van der Waals surface area contributed by atoms with Crippen LogP contribution in [0.4, 0.5) is 0 Å². The number of carbonyl (C=O) groups excluding carboxylic acids is 1. The third-order valence-electron chi connectivity index (χ3n) is 4.67. The number of piperidine rings is 1. The van der Waals surface area contributed by atoms with Crippen molar-refractivity contribution in [1.29, 1.82) is 0 Å². The summed E-state index contributed by atoms with van der Waals surface area (Å²) in [5.41, 5.74) is -0.233. The summed E-state index contributed by atoms with van der Waals surface area (Å²) < 4.78 is 30.0. The van der Waals surface area contributed by atoms with E-state index in [4.69, 9.17) is 4.42 Å². The molecule has 0 spiro atoms. The molecule has 1 aliphatic heterocycles. The van der Waals surface area contributed by atoms with Gasteiger partial charge in [-0.25, -0.2) is 13.2 Å². The smallest absolute Gasteiger partial charge is 0.349 e. The number of para-hydroxylation sites is 1. The number of rotatable bonds is 4. The number of hydrogen-bond acceptors (Lipinski definition) is 5. The Labute approximate surface area is 152 Å². The molecule has 0 N–H and O–H groups in total. The molecule has 0 atom stereocenters. The maximum atomic E-state index is 12.7. The highest BCUT2D eigenvalue weighted by atomic mass is 32.2. The van der Waals surface area contributed by atoms with Gasteiger partial charge in [0, 0.05) is 18.5 Å². The Balaban J connectivity index is 1.75. The van der Waals surface area contributed by atoms with Gasteiger partial charge in [-0.1, -0.05) is 32.0 Å². The zero-order valence-electron chi connectivity index (χ0n) is 15.0. The van der Waals surface area contributed by atoms with Crippen LogP contribution in [0.2, 0.25) is 0 Å². The van der Waals surface area contributed by atoms with E-state index in [0.717, 1.165) is 0 Å². The van der Waals surface area contributed by atoms with Crippen molar-refractivity contribution in [2.75, 3.05) is 18.8 Å². The number of carbonyl (C=O) groups is 1. The molecule has 0 aliphatic carbocycles. The van der Waals surface area contributed by atoms with E-state index >= 15 is 0 Å².